The molecule has 0 spiro atoms. The number of aliphatic hydroxyl groups is 1. The second-order valence-corrected chi connectivity index (χ2v) is 6.67. The summed E-state index contributed by atoms with van der Waals surface area (Å²) in [5.74, 6) is 0. The van der Waals surface area contributed by atoms with Crippen LogP contribution in [0.4, 0.5) is 0 Å². The highest BCUT2D eigenvalue weighted by Gasteiger charge is 2.24. The summed E-state index contributed by atoms with van der Waals surface area (Å²) in [6.45, 7) is 4.22. The Morgan fingerprint density at radius 3 is 2.23 bits per heavy atom. The summed E-state index contributed by atoms with van der Waals surface area (Å²) < 4.78 is 0. The Balaban J connectivity index is 1.92. The first-order valence-electron chi connectivity index (χ1n) is 8.86. The molecule has 0 aliphatic heterocycles. The maximum atomic E-state index is 10.9. The number of unbranched alkanes of at least 4 members (excludes halogenated alkanes) is 6. The lowest BCUT2D eigenvalue weighted by Crippen LogP contribution is -2.21. The van der Waals surface area contributed by atoms with Crippen molar-refractivity contribution in [2.24, 2.45) is 0 Å². The van der Waals surface area contributed by atoms with E-state index in [1.807, 2.05) is 6.92 Å². The Morgan fingerprint density at radius 1 is 0.818 bits per heavy atom. The monoisotopic (exact) mass is 298 g/mol. The van der Waals surface area contributed by atoms with E-state index in [4.69, 9.17) is 0 Å². The summed E-state index contributed by atoms with van der Waals surface area (Å²) in [7, 11) is 0. The summed E-state index contributed by atoms with van der Waals surface area (Å²) in [5.41, 5.74) is 0.334. The summed E-state index contributed by atoms with van der Waals surface area (Å²) in [4.78, 5) is 0. The highest BCUT2D eigenvalue weighted by atomic mass is 16.3. The van der Waals surface area contributed by atoms with Gasteiger partial charge in [-0.1, -0.05) is 94.3 Å². The van der Waals surface area contributed by atoms with Crippen molar-refractivity contribution in [3.63, 3.8) is 0 Å². The molecule has 0 saturated carbocycles. The van der Waals surface area contributed by atoms with Crippen LogP contribution < -0.4 is 0 Å². The Hall–Kier alpha value is -1.34. The molecule has 0 fully saturated rings. The van der Waals surface area contributed by atoms with E-state index in [-0.39, 0.29) is 0 Å². The van der Waals surface area contributed by atoms with Crippen molar-refractivity contribution < 1.29 is 5.11 Å². The molecule has 0 aromatic heterocycles. The van der Waals surface area contributed by atoms with Gasteiger partial charge < -0.3 is 5.11 Å². The molecule has 0 bridgehead atoms. The molecule has 0 aliphatic carbocycles. The lowest BCUT2D eigenvalue weighted by atomic mass is 9.86. The van der Waals surface area contributed by atoms with Gasteiger partial charge in [-0.3, -0.25) is 0 Å². The van der Waals surface area contributed by atoms with Crippen molar-refractivity contribution in [3.8, 4) is 0 Å². The summed E-state index contributed by atoms with van der Waals surface area (Å²) in [5, 5.41) is 13.3. The smallest absolute Gasteiger partial charge is 0.0874 e. The van der Waals surface area contributed by atoms with Crippen molar-refractivity contribution in [2.75, 3.05) is 0 Å². The third-order valence-corrected chi connectivity index (χ3v) is 4.64. The van der Waals surface area contributed by atoms with Gasteiger partial charge in [-0.25, -0.2) is 0 Å². The van der Waals surface area contributed by atoms with Crippen molar-refractivity contribution in [3.05, 3.63) is 48.0 Å². The first kappa shape index (κ1) is 17.0. The average Bonchev–Trinajstić information content (AvgIpc) is 2.53. The molecule has 0 heterocycles. The molecule has 2 aromatic carbocycles. The molecular weight excluding hydrogens is 268 g/mol. The first-order valence-corrected chi connectivity index (χ1v) is 8.86. The maximum absolute atomic E-state index is 10.9. The van der Waals surface area contributed by atoms with Gasteiger partial charge in [0.2, 0.25) is 0 Å². The molecule has 1 atom stereocenters. The molecule has 120 valence electrons. The van der Waals surface area contributed by atoms with Crippen LogP contribution in [-0.2, 0) is 5.60 Å². The van der Waals surface area contributed by atoms with E-state index in [1.54, 1.807) is 0 Å². The highest BCUT2D eigenvalue weighted by molar-refractivity contribution is 5.86. The molecule has 0 amide bonds. The van der Waals surface area contributed by atoms with Crippen molar-refractivity contribution >= 4 is 10.8 Å². The average molecular weight is 298 g/mol. The van der Waals surface area contributed by atoms with Gasteiger partial charge in [-0.05, 0) is 29.7 Å². The van der Waals surface area contributed by atoms with Crippen LogP contribution in [0.25, 0.3) is 10.8 Å². The Bertz CT molecular complexity index is 566. The third kappa shape index (κ3) is 4.58. The van der Waals surface area contributed by atoms with Crippen LogP contribution in [0.1, 0.15) is 70.8 Å². The van der Waals surface area contributed by atoms with E-state index in [1.165, 1.54) is 49.3 Å². The van der Waals surface area contributed by atoms with E-state index in [2.05, 4.69) is 49.4 Å². The molecule has 2 aromatic rings. The SMILES string of the molecule is CCCCCCCCCC(C)(O)c1cccc2ccccc12. The third-order valence-electron chi connectivity index (χ3n) is 4.64. The predicted molar refractivity (Wildman–Crippen MR) is 96.1 cm³/mol. The van der Waals surface area contributed by atoms with Crippen LogP contribution in [0.3, 0.4) is 0 Å². The van der Waals surface area contributed by atoms with Gasteiger partial charge >= 0.3 is 0 Å². The molecule has 0 radical (unpaired) electrons. The summed E-state index contributed by atoms with van der Waals surface area (Å²) >= 11 is 0. The predicted octanol–water partition coefficient (Wildman–Crippen LogP) is 6.19. The quantitative estimate of drug-likeness (QED) is 0.547. The molecule has 0 aliphatic rings. The zero-order chi connectivity index (χ0) is 15.8. The lowest BCUT2D eigenvalue weighted by molar-refractivity contribution is 0.0463. The lowest BCUT2D eigenvalue weighted by Gasteiger charge is -2.25. The molecule has 0 saturated heterocycles. The minimum Gasteiger partial charge on any atom is -0.385 e. The molecule has 2 rings (SSSR count). The molecule has 1 nitrogen and oxygen atoms in total. The van der Waals surface area contributed by atoms with Crippen molar-refractivity contribution in [1.29, 1.82) is 0 Å². The molecule has 22 heavy (non-hydrogen) atoms. The highest BCUT2D eigenvalue weighted by Crippen LogP contribution is 2.32. The Labute approximate surface area is 135 Å². The van der Waals surface area contributed by atoms with Crippen LogP contribution in [0, 0.1) is 0 Å². The molecular formula is C21H30O. The summed E-state index contributed by atoms with van der Waals surface area (Å²) in [6, 6.07) is 14.6. The van der Waals surface area contributed by atoms with Crippen molar-refractivity contribution in [2.45, 2.75) is 70.8 Å². The molecule has 1 N–H and O–H groups in total. The number of benzene rings is 2. The standard InChI is InChI=1S/C21H30O/c1-3-4-5-6-7-8-11-17-21(2,22)20-16-12-14-18-13-9-10-15-19(18)20/h9-10,12-16,22H,3-8,11,17H2,1-2H3. The van der Waals surface area contributed by atoms with Crippen molar-refractivity contribution in [1.82, 2.24) is 0 Å². The van der Waals surface area contributed by atoms with E-state index >= 15 is 0 Å². The normalized spacial score (nSPS) is 14.1. The van der Waals surface area contributed by atoms with Crippen LogP contribution in [-0.4, -0.2) is 5.11 Å². The van der Waals surface area contributed by atoms with E-state index in [0.717, 1.165) is 18.4 Å². The van der Waals surface area contributed by atoms with Gasteiger partial charge in [0.25, 0.3) is 0 Å². The number of fused-ring (bicyclic) bond motifs is 1. The van der Waals surface area contributed by atoms with Crippen LogP contribution in [0.15, 0.2) is 42.5 Å². The fourth-order valence-corrected chi connectivity index (χ4v) is 3.26. The minimum absolute atomic E-state index is 0.732. The van der Waals surface area contributed by atoms with Gasteiger partial charge in [-0.2, -0.15) is 0 Å². The Kier molecular flexibility index (Phi) is 6.45. The molecule has 1 heteroatoms. The van der Waals surface area contributed by atoms with Crippen LogP contribution >= 0.6 is 0 Å². The molecule has 1 unspecified atom stereocenters. The van der Waals surface area contributed by atoms with Gasteiger partial charge in [0.05, 0.1) is 5.60 Å². The largest absolute Gasteiger partial charge is 0.385 e. The summed E-state index contributed by atoms with van der Waals surface area (Å²) in [6.07, 6.45) is 9.82. The van der Waals surface area contributed by atoms with E-state index in [9.17, 15) is 5.11 Å². The van der Waals surface area contributed by atoms with E-state index in [0.29, 0.717) is 0 Å². The fraction of sp³-hybridized carbons (Fsp3) is 0.524. The first-order chi connectivity index (χ1) is 10.6. The topological polar surface area (TPSA) is 20.2 Å². The van der Waals surface area contributed by atoms with Crippen LogP contribution in [0.5, 0.6) is 0 Å². The zero-order valence-corrected chi connectivity index (χ0v) is 14.1. The van der Waals surface area contributed by atoms with Gasteiger partial charge in [0.1, 0.15) is 0 Å². The van der Waals surface area contributed by atoms with Crippen LogP contribution in [0.2, 0.25) is 0 Å². The fourth-order valence-electron chi connectivity index (χ4n) is 3.26. The van der Waals surface area contributed by atoms with E-state index < -0.39 is 5.60 Å². The second kappa shape index (κ2) is 8.33. The zero-order valence-electron chi connectivity index (χ0n) is 14.1. The number of rotatable bonds is 9. The second-order valence-electron chi connectivity index (χ2n) is 6.67. The minimum atomic E-state index is -0.732. The van der Waals surface area contributed by atoms with Gasteiger partial charge in [-0.15, -0.1) is 0 Å². The number of hydrogen-bond donors (Lipinski definition) is 1. The van der Waals surface area contributed by atoms with Gasteiger partial charge in [0.15, 0.2) is 0 Å². The number of hydrogen-bond acceptors (Lipinski definition) is 1. The maximum Gasteiger partial charge on any atom is 0.0874 e. The Morgan fingerprint density at radius 2 is 1.45 bits per heavy atom. The van der Waals surface area contributed by atoms with Gasteiger partial charge in [0, 0.05) is 0 Å².